The second kappa shape index (κ2) is 9.87. The summed E-state index contributed by atoms with van der Waals surface area (Å²) in [5.41, 5.74) is 1.19. The van der Waals surface area contributed by atoms with Crippen LogP contribution in [0.4, 0.5) is 5.82 Å². The van der Waals surface area contributed by atoms with Crippen LogP contribution in [0.3, 0.4) is 0 Å². The third-order valence-corrected chi connectivity index (χ3v) is 5.70. The summed E-state index contributed by atoms with van der Waals surface area (Å²) in [5.74, 6) is 1.61. The summed E-state index contributed by atoms with van der Waals surface area (Å²) in [6.07, 6.45) is 6.44. The zero-order valence-corrected chi connectivity index (χ0v) is 17.5. The third-order valence-electron chi connectivity index (χ3n) is 5.70. The fourth-order valence-corrected chi connectivity index (χ4v) is 4.21. The van der Waals surface area contributed by atoms with Crippen LogP contribution in [0.15, 0.2) is 42.6 Å². The molecule has 0 spiro atoms. The molecule has 5 heteroatoms. The largest absolute Gasteiger partial charge is 0.311 e. The minimum absolute atomic E-state index is 0.0496. The number of carbonyl (C=O) groups excluding carboxylic acids is 1. The monoisotopic (exact) mass is 382 g/mol. The fraction of sp³-hybridized carbons (Fsp3) is 0.565. The van der Waals surface area contributed by atoms with Gasteiger partial charge in [-0.25, -0.2) is 4.68 Å². The molecular formula is C23H34N4O. The van der Waals surface area contributed by atoms with Crippen LogP contribution >= 0.6 is 0 Å². The van der Waals surface area contributed by atoms with E-state index in [4.69, 9.17) is 0 Å². The molecule has 1 aromatic carbocycles. The number of nitrogens with one attached hydrogen (secondary N) is 1. The van der Waals surface area contributed by atoms with Crippen LogP contribution < -0.4 is 5.32 Å². The van der Waals surface area contributed by atoms with E-state index in [1.807, 2.05) is 28.9 Å². The number of amides is 1. The first-order valence-electron chi connectivity index (χ1n) is 10.6. The molecule has 5 nitrogen and oxygen atoms in total. The van der Waals surface area contributed by atoms with Gasteiger partial charge in [-0.1, -0.05) is 44.2 Å². The van der Waals surface area contributed by atoms with Crippen LogP contribution in [-0.4, -0.2) is 39.7 Å². The number of carbonyl (C=O) groups is 1. The number of nitrogens with zero attached hydrogens (tertiary/aromatic N) is 3. The highest BCUT2D eigenvalue weighted by Crippen LogP contribution is 2.27. The Morgan fingerprint density at radius 2 is 1.86 bits per heavy atom. The topological polar surface area (TPSA) is 50.2 Å². The van der Waals surface area contributed by atoms with Gasteiger partial charge in [0, 0.05) is 31.6 Å². The maximum Gasteiger partial charge on any atom is 0.225 e. The smallest absolute Gasteiger partial charge is 0.225 e. The first-order chi connectivity index (χ1) is 13.5. The van der Waals surface area contributed by atoms with Crippen molar-refractivity contribution in [1.82, 2.24) is 14.7 Å². The van der Waals surface area contributed by atoms with E-state index in [0.29, 0.717) is 18.5 Å². The number of rotatable bonds is 8. The van der Waals surface area contributed by atoms with Crippen molar-refractivity contribution in [3.05, 3.63) is 48.2 Å². The Morgan fingerprint density at radius 1 is 1.14 bits per heavy atom. The molecule has 152 valence electrons. The molecular weight excluding hydrogens is 348 g/mol. The molecule has 1 aliphatic heterocycles. The molecule has 1 amide bonds. The van der Waals surface area contributed by atoms with Gasteiger partial charge in [-0.3, -0.25) is 4.79 Å². The highest BCUT2D eigenvalue weighted by atomic mass is 16.1. The molecule has 0 saturated carbocycles. The zero-order valence-electron chi connectivity index (χ0n) is 17.5. The van der Waals surface area contributed by atoms with Crippen molar-refractivity contribution in [3.8, 4) is 0 Å². The van der Waals surface area contributed by atoms with Gasteiger partial charge in [0.15, 0.2) is 0 Å². The van der Waals surface area contributed by atoms with Gasteiger partial charge in [-0.15, -0.1) is 0 Å². The lowest BCUT2D eigenvalue weighted by molar-refractivity contribution is -0.116. The van der Waals surface area contributed by atoms with Crippen LogP contribution in [0.25, 0.3) is 0 Å². The lowest BCUT2D eigenvalue weighted by Gasteiger charge is -2.37. The van der Waals surface area contributed by atoms with Crippen LogP contribution in [0.2, 0.25) is 0 Å². The van der Waals surface area contributed by atoms with E-state index < -0.39 is 0 Å². The summed E-state index contributed by atoms with van der Waals surface area (Å²) in [6.45, 7) is 9.12. The van der Waals surface area contributed by atoms with Crippen LogP contribution in [0, 0.1) is 5.92 Å². The number of aromatic nitrogens is 2. The Balaban J connectivity index is 1.50. The third kappa shape index (κ3) is 5.68. The molecule has 1 saturated heterocycles. The summed E-state index contributed by atoms with van der Waals surface area (Å²) in [5, 5.41) is 7.58. The summed E-state index contributed by atoms with van der Waals surface area (Å²) in [4.78, 5) is 15.0. The normalized spacial score (nSPS) is 17.0. The molecule has 1 atom stereocenters. The van der Waals surface area contributed by atoms with Crippen LogP contribution in [0.5, 0.6) is 0 Å². The summed E-state index contributed by atoms with van der Waals surface area (Å²) in [7, 11) is 0. The second-order valence-electron chi connectivity index (χ2n) is 8.44. The number of likely N-dealkylation sites (tertiary alicyclic amines) is 1. The molecule has 0 radical (unpaired) electrons. The van der Waals surface area contributed by atoms with Gasteiger partial charge >= 0.3 is 0 Å². The molecule has 0 aliphatic carbocycles. The average Bonchev–Trinajstić information content (AvgIpc) is 3.15. The van der Waals surface area contributed by atoms with Gasteiger partial charge in [0.1, 0.15) is 5.82 Å². The van der Waals surface area contributed by atoms with E-state index in [1.54, 1.807) is 6.20 Å². The Bertz CT molecular complexity index is 732. The average molecular weight is 383 g/mol. The van der Waals surface area contributed by atoms with Gasteiger partial charge in [0.25, 0.3) is 0 Å². The SMILES string of the molecule is CC(C)C[C@@H](C)N1CCC(n2nccc2NC(=O)CCc2ccccc2)CC1. The molecule has 1 aromatic heterocycles. The molecule has 1 aliphatic rings. The first kappa shape index (κ1) is 20.6. The van der Waals surface area contributed by atoms with Crippen molar-refractivity contribution in [2.45, 2.75) is 65.0 Å². The number of hydrogen-bond donors (Lipinski definition) is 1. The molecule has 1 N–H and O–H groups in total. The number of hydrogen-bond acceptors (Lipinski definition) is 3. The van der Waals surface area contributed by atoms with E-state index in [2.05, 4.69) is 48.2 Å². The molecule has 2 aromatic rings. The second-order valence-corrected chi connectivity index (χ2v) is 8.44. The first-order valence-corrected chi connectivity index (χ1v) is 10.6. The van der Waals surface area contributed by atoms with Crippen molar-refractivity contribution >= 4 is 11.7 Å². The maximum atomic E-state index is 12.4. The Hall–Kier alpha value is -2.14. The fourth-order valence-electron chi connectivity index (χ4n) is 4.21. The van der Waals surface area contributed by atoms with Gasteiger partial charge in [-0.05, 0) is 44.1 Å². The van der Waals surface area contributed by atoms with E-state index in [-0.39, 0.29) is 5.91 Å². The molecule has 3 rings (SSSR count). The molecule has 28 heavy (non-hydrogen) atoms. The van der Waals surface area contributed by atoms with Gasteiger partial charge in [-0.2, -0.15) is 5.10 Å². The Morgan fingerprint density at radius 3 is 2.54 bits per heavy atom. The molecule has 1 fully saturated rings. The minimum Gasteiger partial charge on any atom is -0.311 e. The van der Waals surface area contributed by atoms with E-state index in [1.165, 1.54) is 12.0 Å². The summed E-state index contributed by atoms with van der Waals surface area (Å²) in [6, 6.07) is 13.0. The maximum absolute atomic E-state index is 12.4. The van der Waals surface area contributed by atoms with Gasteiger partial charge in [0.05, 0.1) is 12.2 Å². The van der Waals surface area contributed by atoms with E-state index >= 15 is 0 Å². The van der Waals surface area contributed by atoms with Crippen molar-refractivity contribution in [1.29, 1.82) is 0 Å². The molecule has 2 heterocycles. The lowest BCUT2D eigenvalue weighted by Crippen LogP contribution is -2.41. The van der Waals surface area contributed by atoms with Crippen molar-refractivity contribution in [2.24, 2.45) is 5.92 Å². The Labute approximate surface area is 169 Å². The number of aryl methyl sites for hydroxylation is 1. The predicted octanol–water partition coefficient (Wildman–Crippen LogP) is 4.53. The van der Waals surface area contributed by atoms with E-state index in [0.717, 1.165) is 44.1 Å². The summed E-state index contributed by atoms with van der Waals surface area (Å²) < 4.78 is 2.02. The number of anilines is 1. The standard InChI is InChI=1S/C23H34N4O/c1-18(2)17-19(3)26-15-12-21(13-16-26)27-22(11-14-24-27)25-23(28)10-9-20-7-5-4-6-8-20/h4-8,11,14,18-19,21H,9-10,12-13,15-17H2,1-3H3,(H,25,28)/t19-/m1/s1. The van der Waals surface area contributed by atoms with Crippen molar-refractivity contribution in [2.75, 3.05) is 18.4 Å². The van der Waals surface area contributed by atoms with Gasteiger partial charge in [0.2, 0.25) is 5.91 Å². The van der Waals surface area contributed by atoms with Crippen molar-refractivity contribution < 1.29 is 4.79 Å². The molecule has 0 bridgehead atoms. The van der Waals surface area contributed by atoms with Crippen molar-refractivity contribution in [3.63, 3.8) is 0 Å². The number of benzene rings is 1. The molecule has 0 unspecified atom stereocenters. The van der Waals surface area contributed by atoms with E-state index in [9.17, 15) is 4.79 Å². The van der Waals surface area contributed by atoms with Crippen LogP contribution in [0.1, 0.15) is 58.1 Å². The van der Waals surface area contributed by atoms with Gasteiger partial charge < -0.3 is 10.2 Å². The Kier molecular flexibility index (Phi) is 7.26. The van der Waals surface area contributed by atoms with Crippen LogP contribution in [-0.2, 0) is 11.2 Å². The highest BCUT2D eigenvalue weighted by Gasteiger charge is 2.25. The summed E-state index contributed by atoms with van der Waals surface area (Å²) >= 11 is 0. The predicted molar refractivity (Wildman–Crippen MR) is 114 cm³/mol. The minimum atomic E-state index is 0.0496. The highest BCUT2D eigenvalue weighted by molar-refractivity contribution is 5.89. The number of piperidine rings is 1. The zero-order chi connectivity index (χ0) is 19.9. The lowest BCUT2D eigenvalue weighted by atomic mass is 9.99. The quantitative estimate of drug-likeness (QED) is 0.730.